The number of esters is 1. The third-order valence-electron chi connectivity index (χ3n) is 8.42. The lowest BCUT2D eigenvalue weighted by Gasteiger charge is -2.49. The molecule has 2 fully saturated rings. The number of ether oxygens (including phenoxy) is 2. The summed E-state index contributed by atoms with van der Waals surface area (Å²) in [6, 6.07) is 22.6. The van der Waals surface area contributed by atoms with Gasteiger partial charge in [0.05, 0.1) is 28.0 Å². The lowest BCUT2D eigenvalue weighted by atomic mass is 10.00. The van der Waals surface area contributed by atoms with Gasteiger partial charge in [-0.25, -0.2) is 14.7 Å². The number of carbonyl (C=O) groups is 4. The lowest BCUT2D eigenvalue weighted by molar-refractivity contribution is -0.384. The second kappa shape index (κ2) is 14.9. The van der Waals surface area contributed by atoms with Crippen molar-refractivity contribution in [2.75, 3.05) is 12.3 Å². The molecule has 0 aliphatic carbocycles. The van der Waals surface area contributed by atoms with Gasteiger partial charge in [-0.3, -0.25) is 33.6 Å². The van der Waals surface area contributed by atoms with E-state index in [2.05, 4.69) is 5.32 Å². The van der Waals surface area contributed by atoms with Crippen LogP contribution in [0, 0.1) is 10.1 Å². The lowest BCUT2D eigenvalue weighted by Crippen LogP contribution is -2.73. The van der Waals surface area contributed by atoms with Gasteiger partial charge in [-0.1, -0.05) is 60.7 Å². The maximum Gasteiger partial charge on any atom is 0.408 e. The number of non-ortho nitro benzene ring substituents is 1. The largest absolute Gasteiger partial charge is 0.448 e. The van der Waals surface area contributed by atoms with Crippen LogP contribution in [0.2, 0.25) is 0 Å². The number of hydrogen-bond acceptors (Lipinski definition) is 10. The summed E-state index contributed by atoms with van der Waals surface area (Å²) in [6.07, 6.45) is -0.0775. The van der Waals surface area contributed by atoms with Crippen LogP contribution in [-0.2, 0) is 46.1 Å². The molecular formula is C37H36N4O10S. The highest BCUT2D eigenvalue weighted by Gasteiger charge is 2.58. The summed E-state index contributed by atoms with van der Waals surface area (Å²) in [6.45, 7) is 5.14. The maximum atomic E-state index is 14.3. The average Bonchev–Trinajstić information content (AvgIpc) is 3.46. The summed E-state index contributed by atoms with van der Waals surface area (Å²) >= 11 is 0. The van der Waals surface area contributed by atoms with E-state index < -0.39 is 62.7 Å². The van der Waals surface area contributed by atoms with Crippen LogP contribution in [0.4, 0.5) is 10.5 Å². The van der Waals surface area contributed by atoms with E-state index in [1.807, 2.05) is 12.1 Å². The zero-order valence-corrected chi connectivity index (χ0v) is 29.4. The summed E-state index contributed by atoms with van der Waals surface area (Å²) in [7, 11) is -1.80. The molecule has 2 saturated heterocycles. The van der Waals surface area contributed by atoms with Crippen molar-refractivity contribution in [2.24, 2.45) is 0 Å². The molecule has 3 amide bonds. The first-order chi connectivity index (χ1) is 24.8. The molecule has 3 aromatic carbocycles. The molecule has 0 saturated carbocycles. The molecule has 15 heteroatoms. The first kappa shape index (κ1) is 36.1. The standard InChI is InChI=1S/C37H36N4O10S/c1-37(2,3)51-36(45)38-29-33(43)40-30(35(44)50-31(24-10-6-4-7-11-24)25-12-8-5-9-13-25)27(22-52(48)34(29)40)20-26-18-19-39(32(26)42)49-21-23-14-16-28(17-15-23)41(46)47/h4-17,20,29,31,34H,18-19,21-22H2,1-3H3,(H,38,45). The molecule has 3 aliphatic rings. The van der Waals surface area contributed by atoms with E-state index in [-0.39, 0.29) is 47.9 Å². The normalized spacial score (nSPS) is 20.8. The van der Waals surface area contributed by atoms with Crippen LogP contribution in [0.3, 0.4) is 0 Å². The Labute approximate surface area is 301 Å². The van der Waals surface area contributed by atoms with Gasteiger partial charge < -0.3 is 14.8 Å². The predicted octanol–water partition coefficient (Wildman–Crippen LogP) is 4.60. The first-order valence-electron chi connectivity index (χ1n) is 16.4. The number of nitro benzene ring substituents is 1. The highest BCUT2D eigenvalue weighted by molar-refractivity contribution is 7.86. The van der Waals surface area contributed by atoms with E-state index in [1.165, 1.54) is 30.3 Å². The molecule has 52 heavy (non-hydrogen) atoms. The summed E-state index contributed by atoms with van der Waals surface area (Å²) in [4.78, 5) is 71.3. The molecule has 0 radical (unpaired) electrons. The molecular weight excluding hydrogens is 692 g/mol. The molecule has 3 aromatic rings. The minimum atomic E-state index is -1.80. The molecule has 0 bridgehead atoms. The number of allylic oxidation sites excluding steroid dienone is 1. The van der Waals surface area contributed by atoms with E-state index in [9.17, 15) is 33.5 Å². The average molecular weight is 729 g/mol. The number of alkyl carbamates (subject to hydrolysis) is 1. The van der Waals surface area contributed by atoms with Gasteiger partial charge in [-0.15, -0.1) is 0 Å². The van der Waals surface area contributed by atoms with Crippen molar-refractivity contribution in [3.8, 4) is 0 Å². The fourth-order valence-electron chi connectivity index (χ4n) is 6.01. The Balaban J connectivity index is 1.30. The zero-order chi connectivity index (χ0) is 37.2. The second-order valence-corrected chi connectivity index (χ2v) is 14.8. The second-order valence-electron chi connectivity index (χ2n) is 13.3. The van der Waals surface area contributed by atoms with Crippen molar-refractivity contribution in [1.29, 1.82) is 0 Å². The Bertz CT molecular complexity index is 1940. The number of nitrogens with one attached hydrogen (secondary N) is 1. The number of hydrogen-bond donors (Lipinski definition) is 1. The van der Waals surface area contributed by atoms with Crippen LogP contribution >= 0.6 is 0 Å². The molecule has 3 heterocycles. The molecule has 3 atom stereocenters. The number of nitrogens with zero attached hydrogens (tertiary/aromatic N) is 3. The Hall–Kier alpha value is -5.67. The van der Waals surface area contributed by atoms with Gasteiger partial charge in [0.2, 0.25) is 0 Å². The van der Waals surface area contributed by atoms with Crippen molar-refractivity contribution in [3.63, 3.8) is 0 Å². The Kier molecular flexibility index (Phi) is 10.4. The smallest absolute Gasteiger partial charge is 0.408 e. The number of nitro groups is 1. The zero-order valence-electron chi connectivity index (χ0n) is 28.6. The summed E-state index contributed by atoms with van der Waals surface area (Å²) < 4.78 is 25.2. The molecule has 3 unspecified atom stereocenters. The van der Waals surface area contributed by atoms with E-state index >= 15 is 0 Å². The molecule has 270 valence electrons. The quantitative estimate of drug-likeness (QED) is 0.102. The summed E-state index contributed by atoms with van der Waals surface area (Å²) in [5.74, 6) is -2.28. The van der Waals surface area contributed by atoms with Gasteiger partial charge in [-0.05, 0) is 67.7 Å². The number of amides is 3. The van der Waals surface area contributed by atoms with Crippen molar-refractivity contribution in [2.45, 2.75) is 56.9 Å². The molecule has 1 N–H and O–H groups in total. The molecule has 0 spiro atoms. The van der Waals surface area contributed by atoms with Crippen molar-refractivity contribution < 1.29 is 42.6 Å². The van der Waals surface area contributed by atoms with Gasteiger partial charge in [-0.2, -0.15) is 0 Å². The monoisotopic (exact) mass is 728 g/mol. The molecule has 14 nitrogen and oxygen atoms in total. The highest BCUT2D eigenvalue weighted by Crippen LogP contribution is 2.38. The molecule has 3 aliphatic heterocycles. The SMILES string of the molecule is CC(C)(C)OC(=O)NC1C(=O)N2C(C(=O)OC(c3ccccc3)c3ccccc3)=C(C=C3CCN(OCc4ccc([N+](=O)[O-])cc4)C3=O)CS(=O)C12. The van der Waals surface area contributed by atoms with Gasteiger partial charge in [0, 0.05) is 17.7 Å². The van der Waals surface area contributed by atoms with E-state index in [0.29, 0.717) is 16.7 Å². The third-order valence-corrected chi connectivity index (χ3v) is 10.0. The maximum absolute atomic E-state index is 14.3. The number of benzene rings is 3. The number of carbonyl (C=O) groups excluding carboxylic acids is 4. The van der Waals surface area contributed by atoms with Crippen molar-refractivity contribution in [1.82, 2.24) is 15.3 Å². The topological polar surface area (TPSA) is 175 Å². The van der Waals surface area contributed by atoms with Crippen LogP contribution in [-0.4, -0.2) is 72.3 Å². The third kappa shape index (κ3) is 7.80. The predicted molar refractivity (Wildman–Crippen MR) is 187 cm³/mol. The fraction of sp³-hybridized carbons (Fsp3) is 0.297. The van der Waals surface area contributed by atoms with Crippen LogP contribution in [0.1, 0.15) is 50.0 Å². The summed E-state index contributed by atoms with van der Waals surface area (Å²) in [5, 5.41) is 13.5. The van der Waals surface area contributed by atoms with Gasteiger partial charge in [0.25, 0.3) is 17.5 Å². The van der Waals surface area contributed by atoms with Gasteiger partial charge >= 0.3 is 12.1 Å². The summed E-state index contributed by atoms with van der Waals surface area (Å²) in [5.41, 5.74) is 1.24. The van der Waals surface area contributed by atoms with Crippen LogP contribution in [0.5, 0.6) is 0 Å². The van der Waals surface area contributed by atoms with Crippen molar-refractivity contribution in [3.05, 3.63) is 135 Å². The molecule has 6 rings (SSSR count). The van der Waals surface area contributed by atoms with Crippen LogP contribution in [0.25, 0.3) is 0 Å². The number of fused-ring (bicyclic) bond motifs is 1. The first-order valence-corrected chi connectivity index (χ1v) is 17.8. The highest BCUT2D eigenvalue weighted by atomic mass is 32.2. The van der Waals surface area contributed by atoms with Gasteiger partial charge in [0.1, 0.15) is 29.3 Å². The Morgan fingerprint density at radius 2 is 1.62 bits per heavy atom. The fourth-order valence-corrected chi connectivity index (χ4v) is 7.64. The number of rotatable bonds is 10. The minimum absolute atomic E-state index is 0.0301. The van der Waals surface area contributed by atoms with E-state index in [1.54, 1.807) is 69.3 Å². The van der Waals surface area contributed by atoms with Crippen LogP contribution < -0.4 is 5.32 Å². The number of β-lactam (4-membered cyclic amide) rings is 1. The Morgan fingerprint density at radius 1 is 1.00 bits per heavy atom. The minimum Gasteiger partial charge on any atom is -0.448 e. The van der Waals surface area contributed by atoms with Crippen LogP contribution in [0.15, 0.2) is 108 Å². The Morgan fingerprint density at radius 3 is 2.19 bits per heavy atom. The van der Waals surface area contributed by atoms with E-state index in [0.717, 1.165) is 9.96 Å². The van der Waals surface area contributed by atoms with Gasteiger partial charge in [0.15, 0.2) is 6.10 Å². The van der Waals surface area contributed by atoms with E-state index in [4.69, 9.17) is 14.3 Å². The number of hydroxylamine groups is 2. The van der Waals surface area contributed by atoms with Crippen molar-refractivity contribution >= 4 is 40.4 Å². The molecule has 0 aromatic heterocycles.